The summed E-state index contributed by atoms with van der Waals surface area (Å²) in [5, 5.41) is 10.7. The highest BCUT2D eigenvalue weighted by Gasteiger charge is 2.71. The molecule has 1 N–H and O–H groups in total. The standard InChI is InChI=1S/C16H24O4/c1-9-5-6-11-10(7-9)8-16(15(11,2)3)12(17)13(19-4)20-14(16)18/h7,10-13,17H,5-6,8H2,1-4H3/t10-,11-,12-,13-,16-/m1/s1. The lowest BCUT2D eigenvalue weighted by atomic mass is 9.61. The monoisotopic (exact) mass is 280 g/mol. The zero-order valence-electron chi connectivity index (χ0n) is 12.7. The normalized spacial score (nSPS) is 46.2. The van der Waals surface area contributed by atoms with Crippen molar-refractivity contribution in [1.82, 2.24) is 0 Å². The van der Waals surface area contributed by atoms with Crippen LogP contribution < -0.4 is 0 Å². The highest BCUT2D eigenvalue weighted by atomic mass is 16.7. The summed E-state index contributed by atoms with van der Waals surface area (Å²) in [7, 11) is 1.47. The average molecular weight is 280 g/mol. The Morgan fingerprint density at radius 2 is 2.15 bits per heavy atom. The smallest absolute Gasteiger partial charge is 0.317 e. The second kappa shape index (κ2) is 4.31. The summed E-state index contributed by atoms with van der Waals surface area (Å²) >= 11 is 0. The van der Waals surface area contributed by atoms with Gasteiger partial charge >= 0.3 is 5.97 Å². The maximum Gasteiger partial charge on any atom is 0.317 e. The third-order valence-electron chi connectivity index (χ3n) is 6.08. The van der Waals surface area contributed by atoms with Gasteiger partial charge in [0.05, 0.1) is 0 Å². The maximum atomic E-state index is 12.5. The van der Waals surface area contributed by atoms with E-state index in [4.69, 9.17) is 9.47 Å². The maximum absolute atomic E-state index is 12.5. The van der Waals surface area contributed by atoms with Crippen LogP contribution in [0.15, 0.2) is 11.6 Å². The second-order valence-electron chi connectivity index (χ2n) is 7.17. The van der Waals surface area contributed by atoms with Gasteiger partial charge in [-0.05, 0) is 43.4 Å². The number of carbonyl (C=O) groups excluding carboxylic acids is 1. The average Bonchev–Trinajstić information content (AvgIpc) is 2.77. The second-order valence-corrected chi connectivity index (χ2v) is 7.17. The van der Waals surface area contributed by atoms with E-state index in [9.17, 15) is 9.90 Å². The third kappa shape index (κ3) is 1.52. The topological polar surface area (TPSA) is 55.8 Å². The van der Waals surface area contributed by atoms with Crippen LogP contribution in [-0.4, -0.2) is 30.6 Å². The van der Waals surface area contributed by atoms with Crippen LogP contribution in [0.2, 0.25) is 0 Å². The first-order valence-electron chi connectivity index (χ1n) is 7.44. The van der Waals surface area contributed by atoms with Crippen molar-refractivity contribution in [3.63, 3.8) is 0 Å². The van der Waals surface area contributed by atoms with Crippen molar-refractivity contribution in [3.05, 3.63) is 11.6 Å². The molecule has 4 nitrogen and oxygen atoms in total. The molecule has 0 unspecified atom stereocenters. The fraction of sp³-hybridized carbons (Fsp3) is 0.812. The molecular weight excluding hydrogens is 256 g/mol. The minimum Gasteiger partial charge on any atom is -0.432 e. The molecule has 0 amide bonds. The Morgan fingerprint density at radius 3 is 2.75 bits per heavy atom. The molecule has 4 heteroatoms. The van der Waals surface area contributed by atoms with Crippen LogP contribution in [-0.2, 0) is 14.3 Å². The predicted molar refractivity (Wildman–Crippen MR) is 73.7 cm³/mol. The largest absolute Gasteiger partial charge is 0.432 e. The van der Waals surface area contributed by atoms with E-state index in [-0.39, 0.29) is 11.4 Å². The van der Waals surface area contributed by atoms with Crippen molar-refractivity contribution in [3.8, 4) is 0 Å². The Labute approximate surface area is 120 Å². The van der Waals surface area contributed by atoms with Gasteiger partial charge in [0.25, 0.3) is 0 Å². The number of cyclic esters (lactones) is 1. The number of hydrogen-bond acceptors (Lipinski definition) is 4. The van der Waals surface area contributed by atoms with E-state index in [0.29, 0.717) is 18.3 Å². The van der Waals surface area contributed by atoms with Gasteiger partial charge in [0.2, 0.25) is 6.29 Å². The van der Waals surface area contributed by atoms with Gasteiger partial charge in [-0.25, -0.2) is 0 Å². The van der Waals surface area contributed by atoms with Gasteiger partial charge in [-0.2, -0.15) is 0 Å². The van der Waals surface area contributed by atoms with Crippen molar-refractivity contribution < 1.29 is 19.4 Å². The first kappa shape index (κ1) is 14.1. The summed E-state index contributed by atoms with van der Waals surface area (Å²) in [5.74, 6) is 0.489. The van der Waals surface area contributed by atoms with E-state index < -0.39 is 17.8 Å². The minimum atomic E-state index is -0.880. The van der Waals surface area contributed by atoms with E-state index in [2.05, 4.69) is 26.8 Å². The van der Waals surface area contributed by atoms with Gasteiger partial charge < -0.3 is 14.6 Å². The molecule has 0 aromatic rings. The molecule has 1 spiro atoms. The first-order valence-corrected chi connectivity index (χ1v) is 7.44. The van der Waals surface area contributed by atoms with E-state index >= 15 is 0 Å². The number of rotatable bonds is 1. The van der Waals surface area contributed by atoms with Crippen LogP contribution in [0.1, 0.15) is 40.0 Å². The van der Waals surface area contributed by atoms with E-state index in [0.717, 1.165) is 12.8 Å². The molecule has 20 heavy (non-hydrogen) atoms. The third-order valence-corrected chi connectivity index (χ3v) is 6.08. The summed E-state index contributed by atoms with van der Waals surface area (Å²) in [4.78, 5) is 12.5. The van der Waals surface area contributed by atoms with Crippen LogP contribution in [0.3, 0.4) is 0 Å². The number of aliphatic hydroxyl groups excluding tert-OH is 1. The molecule has 1 heterocycles. The molecule has 1 saturated carbocycles. The van der Waals surface area contributed by atoms with E-state index in [1.807, 2.05) is 0 Å². The number of hydrogen-bond donors (Lipinski definition) is 1. The van der Waals surface area contributed by atoms with Gasteiger partial charge in [0.15, 0.2) is 0 Å². The molecule has 0 radical (unpaired) electrons. The van der Waals surface area contributed by atoms with Gasteiger partial charge in [-0.1, -0.05) is 25.5 Å². The molecule has 112 valence electrons. The van der Waals surface area contributed by atoms with Gasteiger partial charge in [-0.15, -0.1) is 0 Å². The Bertz CT molecular complexity index is 467. The Hall–Kier alpha value is -0.870. The van der Waals surface area contributed by atoms with Crippen molar-refractivity contribution in [2.24, 2.45) is 22.7 Å². The van der Waals surface area contributed by atoms with Gasteiger partial charge in [-0.3, -0.25) is 4.79 Å². The molecule has 0 aromatic heterocycles. The SMILES string of the molecule is CO[C@@H]1OC(=O)[C@@]2(C[C@H]3C=C(C)CC[C@H]3C2(C)C)[C@@H]1O. The Kier molecular flexibility index (Phi) is 3.04. The lowest BCUT2D eigenvalue weighted by Gasteiger charge is -2.41. The van der Waals surface area contributed by atoms with E-state index in [1.165, 1.54) is 12.7 Å². The zero-order chi connectivity index (χ0) is 14.7. The molecule has 1 aliphatic heterocycles. The van der Waals surface area contributed by atoms with Gasteiger partial charge in [0.1, 0.15) is 11.5 Å². The minimum absolute atomic E-state index is 0.279. The highest BCUT2D eigenvalue weighted by Crippen LogP contribution is 2.66. The number of methoxy groups -OCH3 is 1. The lowest BCUT2D eigenvalue weighted by Crippen LogP contribution is -2.49. The first-order chi connectivity index (χ1) is 9.34. The number of ether oxygens (including phenoxy) is 2. The summed E-state index contributed by atoms with van der Waals surface area (Å²) < 4.78 is 10.4. The molecule has 1 saturated heterocycles. The number of allylic oxidation sites excluding steroid dienone is 2. The Balaban J connectivity index is 2.04. The molecule has 2 fully saturated rings. The summed E-state index contributed by atoms with van der Waals surface area (Å²) in [6, 6.07) is 0. The lowest BCUT2D eigenvalue weighted by molar-refractivity contribution is -0.166. The van der Waals surface area contributed by atoms with Crippen LogP contribution >= 0.6 is 0 Å². The van der Waals surface area contributed by atoms with Gasteiger partial charge in [0, 0.05) is 7.11 Å². The number of aliphatic hydroxyl groups is 1. The quantitative estimate of drug-likeness (QED) is 0.591. The van der Waals surface area contributed by atoms with Crippen molar-refractivity contribution >= 4 is 5.97 Å². The van der Waals surface area contributed by atoms with Crippen molar-refractivity contribution in [1.29, 1.82) is 0 Å². The number of esters is 1. The predicted octanol–water partition coefficient (Wildman–Crippen LogP) is 2.27. The van der Waals surface area contributed by atoms with Crippen molar-refractivity contribution in [2.75, 3.05) is 7.11 Å². The molecule has 5 atom stereocenters. The molecule has 3 rings (SSSR count). The molecule has 0 aromatic carbocycles. The molecule has 3 aliphatic rings. The zero-order valence-corrected chi connectivity index (χ0v) is 12.7. The highest BCUT2D eigenvalue weighted by molar-refractivity contribution is 5.82. The van der Waals surface area contributed by atoms with Crippen LogP contribution in [0, 0.1) is 22.7 Å². The fourth-order valence-corrected chi connectivity index (χ4v) is 4.88. The van der Waals surface area contributed by atoms with Crippen LogP contribution in [0.25, 0.3) is 0 Å². The number of carbonyl (C=O) groups is 1. The molecule has 0 bridgehead atoms. The molecular formula is C16H24O4. The van der Waals surface area contributed by atoms with Crippen LogP contribution in [0.4, 0.5) is 0 Å². The van der Waals surface area contributed by atoms with E-state index in [1.54, 1.807) is 0 Å². The van der Waals surface area contributed by atoms with Crippen LogP contribution in [0.5, 0.6) is 0 Å². The number of fused-ring (bicyclic) bond motifs is 1. The summed E-state index contributed by atoms with van der Waals surface area (Å²) in [5.41, 5.74) is 0.284. The summed E-state index contributed by atoms with van der Waals surface area (Å²) in [6.45, 7) is 6.36. The fourth-order valence-electron chi connectivity index (χ4n) is 4.88. The Morgan fingerprint density at radius 1 is 1.45 bits per heavy atom. The van der Waals surface area contributed by atoms with Crippen molar-refractivity contribution in [2.45, 2.75) is 52.4 Å². The molecule has 2 aliphatic carbocycles. The summed E-state index contributed by atoms with van der Waals surface area (Å²) in [6.07, 6.45) is 3.42.